The summed E-state index contributed by atoms with van der Waals surface area (Å²) in [6.07, 6.45) is 14.6. The zero-order valence-corrected chi connectivity index (χ0v) is 82.4. The zero-order valence-electron chi connectivity index (χ0n) is 72.3. The van der Waals surface area contributed by atoms with Gasteiger partial charge >= 0.3 is 41.5 Å². The van der Waals surface area contributed by atoms with E-state index in [2.05, 4.69) is 325 Å². The Morgan fingerprint density at radius 2 is 0.490 bits per heavy atom. The Labute approximate surface area is 709 Å². The molecule has 0 radical (unpaired) electrons. The summed E-state index contributed by atoms with van der Waals surface area (Å²) in [6, 6.07) is 11.9. The van der Waals surface area contributed by atoms with Crippen LogP contribution in [0.25, 0.3) is 34.3 Å². The standard InChI is InChI=1S/C10H8N2.2C7H13N.C6H16N2.12C4H9.2C3H7N.5Pd.Pt/c1-3-7-11-9(5-1)10-6-2-4-8-12-10;2*1-6-4-2-3-5-7(6)8;1-7(2)5-6-8(3)4;12*1-4(2)3;2*1-2-3-4;;;;;;/h1-8H;2*6-8H,1-5H2;5-6H2,1-4H3;12*1-3H3;2*4H,1-3H2;;;;;;/q;2*-2;;12*-1;2*-2;;;;;+2;+4/t;6-,7+;6-,7-;;;;;;;;;;;;;;;;;;;;;/m.10...................../s1. The minimum Gasteiger partial charge on any atom is -0.679 e. The van der Waals surface area contributed by atoms with Crippen LogP contribution in [0.1, 0.15) is 313 Å². The van der Waals surface area contributed by atoms with E-state index < -0.39 is 0 Å². The van der Waals surface area contributed by atoms with Crippen molar-refractivity contribution < 1.29 is 123 Å². The average Bonchev–Trinajstić information content (AvgIpc) is 0.908. The van der Waals surface area contributed by atoms with Crippen LogP contribution in [0.3, 0.4) is 0 Å². The molecule has 0 spiro atoms. The van der Waals surface area contributed by atoms with Gasteiger partial charge in [0, 0.05) is 107 Å². The van der Waals surface area contributed by atoms with Crippen molar-refractivity contribution in [2.75, 3.05) is 54.4 Å². The number of nitrogens with zero attached hydrogens (tertiary/aromatic N) is 4. The van der Waals surface area contributed by atoms with E-state index >= 15 is 0 Å². The fourth-order valence-corrected chi connectivity index (χ4v) is 3.84. The summed E-state index contributed by atoms with van der Waals surface area (Å²) in [5.41, 5.74) is 29.4. The van der Waals surface area contributed by atoms with E-state index in [0.717, 1.165) is 50.2 Å². The molecule has 98 heavy (non-hydrogen) atoms. The van der Waals surface area contributed by atoms with Crippen molar-refractivity contribution in [3.8, 4) is 11.4 Å². The molecule has 622 valence electrons. The van der Waals surface area contributed by atoms with Gasteiger partial charge in [0.25, 0.3) is 0 Å². The zero-order chi connectivity index (χ0) is 76.5. The van der Waals surface area contributed by atoms with Gasteiger partial charge in [0.1, 0.15) is 0 Å². The van der Waals surface area contributed by atoms with Crippen LogP contribution in [-0.2, 0) is 123 Å². The van der Waals surface area contributed by atoms with Crippen molar-refractivity contribution in [1.82, 2.24) is 19.8 Å². The normalized spacial score (nSPS) is 13.6. The third kappa shape index (κ3) is 354. The van der Waals surface area contributed by atoms with Gasteiger partial charge in [-0.05, 0) is 52.5 Å². The molecule has 0 saturated heterocycles. The molecule has 2 fully saturated rings. The molecule has 14 heteroatoms. The van der Waals surface area contributed by atoms with Gasteiger partial charge in [-0.3, -0.25) is 9.97 Å². The first-order valence-electron chi connectivity index (χ1n) is 34.1. The van der Waals surface area contributed by atoms with E-state index in [-0.39, 0.29) is 135 Å². The molecule has 2 aromatic heterocycles. The number of aromatic nitrogens is 2. The molecule has 0 bridgehead atoms. The molecule has 2 aromatic rings. The SMILES string of the molecule is CN(C)CCN(C)C.C[C-](C)C.C[C-](C)C.C[C-](C)C.C[C-](C)C.C[C-](C)C.C[C-](C)C.C[C-](C)C.C[C-](C)C.C[C-](C)C.C[C-](C)C.C[C-](C)C.C[C-](C)C.[CH2-]CC[NH-].[CH2-]CC[NH-].[CH2-][C@@H]1CCCC[C@@H]1[NH-].[CH2-][C@H]1CCCC[C@@H]1[NH-].[Pd+2].[Pd].[Pd].[Pd].[Pd].[Pt+4].c1ccc(-c2ccccn2)nc1. The van der Waals surface area contributed by atoms with Crippen LogP contribution < -0.4 is 0 Å². The largest absolute Gasteiger partial charge is 4.00 e. The first-order chi connectivity index (χ1) is 41.8. The van der Waals surface area contributed by atoms with Gasteiger partial charge in [-0.25, -0.2) is 12.8 Å². The second-order valence-electron chi connectivity index (χ2n) is 29.5. The summed E-state index contributed by atoms with van der Waals surface area (Å²) in [4.78, 5) is 12.7. The summed E-state index contributed by atoms with van der Waals surface area (Å²) in [5.74, 6) is 17.8. The van der Waals surface area contributed by atoms with E-state index in [4.69, 9.17) is 22.9 Å². The maximum atomic E-state index is 7.42. The van der Waals surface area contributed by atoms with Gasteiger partial charge in [0.2, 0.25) is 0 Å². The maximum Gasteiger partial charge on any atom is 4.00 e. The van der Waals surface area contributed by atoms with Gasteiger partial charge in [0.05, 0.1) is 11.4 Å². The van der Waals surface area contributed by atoms with E-state index in [1.807, 2.05) is 36.4 Å². The first-order valence-corrected chi connectivity index (χ1v) is 34.1. The molecule has 0 amide bonds. The van der Waals surface area contributed by atoms with Crippen LogP contribution in [0.5, 0.6) is 0 Å². The number of hydrogen-bond acceptors (Lipinski definition) is 4. The minimum absolute atomic E-state index is 0. The van der Waals surface area contributed by atoms with Crippen LogP contribution >= 0.6 is 0 Å². The third-order valence-electron chi connectivity index (χ3n) is 6.76. The van der Waals surface area contributed by atoms with Gasteiger partial charge in [-0.15, -0.1) is 0 Å². The summed E-state index contributed by atoms with van der Waals surface area (Å²) < 4.78 is 0. The average molecular weight is 2020 g/mol. The summed E-state index contributed by atoms with van der Waals surface area (Å²) >= 11 is 0. The molecule has 2 aliphatic rings. The summed E-state index contributed by atoms with van der Waals surface area (Å²) in [5, 5.41) is 0. The van der Waals surface area contributed by atoms with E-state index in [9.17, 15) is 0 Å². The number of hydrogen-bond donors (Lipinski definition) is 0. The molecule has 0 aliphatic heterocycles. The number of rotatable bonds is 6. The molecule has 2 saturated carbocycles. The predicted molar refractivity (Wildman–Crippen MR) is 437 cm³/mol. The Bertz CT molecular complexity index is 1150. The predicted octanol–water partition coefficient (Wildman–Crippen LogP) is 29.1. The smallest absolute Gasteiger partial charge is 0.679 e. The van der Waals surface area contributed by atoms with Crippen LogP contribution in [-0.4, -0.2) is 86.2 Å². The van der Waals surface area contributed by atoms with Gasteiger partial charge in [-0.1, -0.05) is 63.5 Å². The minimum atomic E-state index is 0. The Kier molecular flexibility index (Phi) is 201. The van der Waals surface area contributed by atoms with Crippen LogP contribution in [0.2, 0.25) is 0 Å². The summed E-state index contributed by atoms with van der Waals surface area (Å²) in [7, 11) is 8.35. The van der Waals surface area contributed by atoms with E-state index in [0.29, 0.717) is 24.9 Å². The van der Waals surface area contributed by atoms with Gasteiger partial charge in [0.15, 0.2) is 0 Å². The number of pyridine rings is 2. The Balaban J connectivity index is -0.0000000370. The molecule has 0 unspecified atom stereocenters. The molecule has 0 aromatic carbocycles. The quantitative estimate of drug-likeness (QED) is 0.211. The molecule has 4 atom stereocenters. The second kappa shape index (κ2) is 129. The van der Waals surface area contributed by atoms with E-state index in [1.54, 1.807) is 12.4 Å². The van der Waals surface area contributed by atoms with Crippen molar-refractivity contribution in [1.29, 1.82) is 0 Å². The molecule has 4 N–H and O–H groups in total. The van der Waals surface area contributed by atoms with Crippen molar-refractivity contribution in [2.45, 2.75) is 326 Å². The monoisotopic (exact) mass is 2020 g/mol. The van der Waals surface area contributed by atoms with Crippen LogP contribution in [0.15, 0.2) is 48.8 Å². The Morgan fingerprint density at radius 3 is 0.571 bits per heavy atom. The second-order valence-corrected chi connectivity index (χ2v) is 29.5. The van der Waals surface area contributed by atoms with Gasteiger partial charge < -0.3 is 131 Å². The Morgan fingerprint density at radius 1 is 0.347 bits per heavy atom. The van der Waals surface area contributed by atoms with Crippen molar-refractivity contribution in [2.24, 2.45) is 11.8 Å². The molecule has 2 heterocycles. The molecule has 2 aliphatic carbocycles. The maximum absolute atomic E-state index is 7.42. The number of likely N-dealkylation sites (N-methyl/N-ethyl adjacent to an activating group) is 2. The van der Waals surface area contributed by atoms with Crippen LogP contribution in [0.4, 0.5) is 0 Å². The Hall–Kier alpha value is 2.06. The summed E-state index contributed by atoms with van der Waals surface area (Å²) in [6.45, 7) is 92.8. The fraction of sp³-hybridized carbons (Fsp3) is 0.690. The fourth-order valence-electron chi connectivity index (χ4n) is 3.84. The first kappa shape index (κ1) is 153. The molecular formula is C84H172N8Pd5Pt-14. The molecule has 8 nitrogen and oxygen atoms in total. The van der Waals surface area contributed by atoms with Crippen molar-refractivity contribution in [3.63, 3.8) is 0 Å². The van der Waals surface area contributed by atoms with E-state index in [1.165, 1.54) is 110 Å². The number of nitrogens with one attached hydrogen (secondary N) is 4. The molecular weight excluding hydrogens is 1850 g/mol. The van der Waals surface area contributed by atoms with Crippen molar-refractivity contribution in [3.05, 3.63) is 170 Å². The third-order valence-corrected chi connectivity index (χ3v) is 6.76. The molecule has 4 rings (SSSR count). The van der Waals surface area contributed by atoms with Crippen molar-refractivity contribution >= 4 is 0 Å². The van der Waals surface area contributed by atoms with Gasteiger partial charge in [-0.2, -0.15) is 286 Å². The topological polar surface area (TPSA) is 127 Å². The van der Waals surface area contributed by atoms with Crippen LogP contribution in [0, 0.1) is 111 Å².